The highest BCUT2D eigenvalue weighted by atomic mass is 35.5. The van der Waals surface area contributed by atoms with Gasteiger partial charge in [0.15, 0.2) is 11.5 Å². The average molecular weight is 284 g/mol. The minimum absolute atomic E-state index is 0. The molecule has 0 heterocycles. The summed E-state index contributed by atoms with van der Waals surface area (Å²) in [6, 6.07) is 5.97. The van der Waals surface area contributed by atoms with Crippen molar-refractivity contribution in [1.82, 2.24) is 4.90 Å². The van der Waals surface area contributed by atoms with Crippen molar-refractivity contribution in [2.45, 2.75) is 20.4 Å². The van der Waals surface area contributed by atoms with Crippen molar-refractivity contribution < 1.29 is 9.47 Å². The highest BCUT2D eigenvalue weighted by Gasteiger charge is 2.05. The highest BCUT2D eigenvalue weighted by molar-refractivity contribution is 5.85. The van der Waals surface area contributed by atoms with Gasteiger partial charge in [-0.3, -0.25) is 0 Å². The van der Waals surface area contributed by atoms with Gasteiger partial charge in [-0.05, 0) is 43.9 Å². The van der Waals surface area contributed by atoms with Gasteiger partial charge in [0.05, 0.1) is 14.2 Å². The second-order valence-corrected chi connectivity index (χ2v) is 3.83. The van der Waals surface area contributed by atoms with E-state index in [1.165, 1.54) is 5.56 Å². The van der Waals surface area contributed by atoms with Crippen LogP contribution < -0.4 is 9.47 Å². The number of halogens is 1. The van der Waals surface area contributed by atoms with Gasteiger partial charge in [-0.25, -0.2) is 0 Å². The quantitative estimate of drug-likeness (QED) is 0.788. The maximum absolute atomic E-state index is 5.30. The fourth-order valence-electron chi connectivity index (χ4n) is 1.73. The fraction of sp³-hybridized carbons (Fsp3) is 0.333. The first kappa shape index (κ1) is 17.4. The van der Waals surface area contributed by atoms with Crippen molar-refractivity contribution >= 4 is 12.4 Å². The van der Waals surface area contributed by atoms with Crippen LogP contribution in [0.1, 0.15) is 19.4 Å². The van der Waals surface area contributed by atoms with Crippen LogP contribution in [0.2, 0.25) is 0 Å². The molecule has 1 aromatic rings. The minimum atomic E-state index is 0. The van der Waals surface area contributed by atoms with Crippen molar-refractivity contribution in [1.29, 1.82) is 0 Å². The van der Waals surface area contributed by atoms with Crippen LogP contribution in [0.3, 0.4) is 0 Å². The van der Waals surface area contributed by atoms with Crippen LogP contribution >= 0.6 is 12.4 Å². The minimum Gasteiger partial charge on any atom is -0.493 e. The molecule has 4 heteroatoms. The molecule has 0 aliphatic rings. The molecular formula is C15H22ClNO2. The molecular weight excluding hydrogens is 262 g/mol. The molecule has 0 aliphatic heterocycles. The summed E-state index contributed by atoms with van der Waals surface area (Å²) in [7, 11) is 3.29. The Balaban J connectivity index is 0.00000324. The Bertz CT molecular complexity index is 418. The molecule has 1 aromatic carbocycles. The number of methoxy groups -OCH3 is 2. The number of nitrogens with zero attached hydrogens (tertiary/aromatic N) is 1. The van der Waals surface area contributed by atoms with Crippen molar-refractivity contribution in [2.75, 3.05) is 14.2 Å². The molecule has 1 rings (SSSR count). The molecule has 0 N–H and O–H groups in total. The lowest BCUT2D eigenvalue weighted by molar-refractivity contribution is 0.354. The van der Waals surface area contributed by atoms with E-state index in [1.807, 2.05) is 56.6 Å². The van der Waals surface area contributed by atoms with Crippen LogP contribution in [-0.2, 0) is 6.54 Å². The molecule has 0 amide bonds. The van der Waals surface area contributed by atoms with Crippen LogP contribution in [0.5, 0.6) is 11.5 Å². The summed E-state index contributed by atoms with van der Waals surface area (Å²) in [5.74, 6) is 1.51. The van der Waals surface area contributed by atoms with Crippen molar-refractivity contribution in [2.24, 2.45) is 0 Å². The van der Waals surface area contributed by atoms with Gasteiger partial charge in [0.25, 0.3) is 0 Å². The zero-order valence-corrected chi connectivity index (χ0v) is 12.7. The molecule has 0 radical (unpaired) electrons. The number of rotatable bonds is 6. The van der Waals surface area contributed by atoms with Crippen LogP contribution in [0, 0.1) is 0 Å². The topological polar surface area (TPSA) is 21.7 Å². The van der Waals surface area contributed by atoms with Gasteiger partial charge in [-0.1, -0.05) is 18.2 Å². The first-order valence-electron chi connectivity index (χ1n) is 5.97. The second-order valence-electron chi connectivity index (χ2n) is 3.83. The lowest BCUT2D eigenvalue weighted by atomic mass is 10.2. The summed E-state index contributed by atoms with van der Waals surface area (Å²) in [6.07, 6.45) is 8.11. The Morgan fingerprint density at radius 3 is 2.05 bits per heavy atom. The largest absolute Gasteiger partial charge is 0.493 e. The third-order valence-corrected chi connectivity index (χ3v) is 2.49. The lowest BCUT2D eigenvalue weighted by Gasteiger charge is -2.16. The second kappa shape index (κ2) is 9.34. The van der Waals surface area contributed by atoms with Gasteiger partial charge in [-0.2, -0.15) is 0 Å². The Kier molecular flexibility index (Phi) is 8.55. The van der Waals surface area contributed by atoms with E-state index >= 15 is 0 Å². The molecule has 19 heavy (non-hydrogen) atoms. The van der Waals surface area contributed by atoms with E-state index in [-0.39, 0.29) is 12.4 Å². The molecule has 0 aromatic heterocycles. The number of allylic oxidation sites excluding steroid dienone is 2. The zero-order valence-electron chi connectivity index (χ0n) is 11.9. The molecule has 0 saturated heterocycles. The van der Waals surface area contributed by atoms with Gasteiger partial charge in [0, 0.05) is 6.54 Å². The van der Waals surface area contributed by atoms with E-state index < -0.39 is 0 Å². The van der Waals surface area contributed by atoms with Crippen molar-refractivity contribution in [3.8, 4) is 11.5 Å². The molecule has 0 bridgehead atoms. The van der Waals surface area contributed by atoms with Crippen molar-refractivity contribution in [3.63, 3.8) is 0 Å². The predicted molar refractivity (Wildman–Crippen MR) is 82.0 cm³/mol. The smallest absolute Gasteiger partial charge is 0.161 e. The SMILES string of the molecule is C/C=C/N(/C=C/C)Cc1ccc(OC)c(OC)c1.Cl. The zero-order chi connectivity index (χ0) is 13.4. The molecule has 0 aliphatic carbocycles. The van der Waals surface area contributed by atoms with E-state index in [9.17, 15) is 0 Å². The third kappa shape index (κ3) is 5.26. The van der Waals surface area contributed by atoms with E-state index in [0.29, 0.717) is 0 Å². The number of hydrogen-bond donors (Lipinski definition) is 0. The molecule has 3 nitrogen and oxygen atoms in total. The monoisotopic (exact) mass is 283 g/mol. The first-order valence-corrected chi connectivity index (χ1v) is 5.97. The summed E-state index contributed by atoms with van der Waals surface area (Å²) in [6.45, 7) is 4.81. The average Bonchev–Trinajstić information content (AvgIpc) is 2.39. The molecule has 106 valence electrons. The summed E-state index contributed by atoms with van der Waals surface area (Å²) in [5.41, 5.74) is 1.17. The molecule has 0 spiro atoms. The van der Waals surface area contributed by atoms with E-state index in [2.05, 4.69) is 4.90 Å². The van der Waals surface area contributed by atoms with Gasteiger partial charge in [-0.15, -0.1) is 12.4 Å². The van der Waals surface area contributed by atoms with E-state index in [1.54, 1.807) is 14.2 Å². The maximum atomic E-state index is 5.30. The Morgan fingerprint density at radius 2 is 1.58 bits per heavy atom. The van der Waals surface area contributed by atoms with Gasteiger partial charge >= 0.3 is 0 Å². The Labute approximate surface area is 121 Å². The molecule has 0 fully saturated rings. The van der Waals surface area contributed by atoms with Crippen LogP contribution in [0.25, 0.3) is 0 Å². The number of ether oxygens (including phenoxy) is 2. The first-order chi connectivity index (χ1) is 8.74. The number of benzene rings is 1. The maximum Gasteiger partial charge on any atom is 0.161 e. The summed E-state index contributed by atoms with van der Waals surface area (Å²) in [5, 5.41) is 0. The van der Waals surface area contributed by atoms with E-state index in [0.717, 1.165) is 18.0 Å². The predicted octanol–water partition coefficient (Wildman–Crippen LogP) is 3.99. The van der Waals surface area contributed by atoms with Gasteiger partial charge in [0.2, 0.25) is 0 Å². The Hall–Kier alpha value is -1.61. The summed E-state index contributed by atoms with van der Waals surface area (Å²) < 4.78 is 10.5. The molecule has 0 atom stereocenters. The van der Waals surface area contributed by atoms with Crippen LogP contribution in [0.15, 0.2) is 42.8 Å². The normalized spacial score (nSPS) is 10.5. The number of hydrogen-bond acceptors (Lipinski definition) is 3. The summed E-state index contributed by atoms with van der Waals surface area (Å²) >= 11 is 0. The Morgan fingerprint density at radius 1 is 1.00 bits per heavy atom. The van der Waals surface area contributed by atoms with Gasteiger partial charge < -0.3 is 14.4 Å². The van der Waals surface area contributed by atoms with Crippen LogP contribution in [-0.4, -0.2) is 19.1 Å². The van der Waals surface area contributed by atoms with Crippen molar-refractivity contribution in [3.05, 3.63) is 48.3 Å². The van der Waals surface area contributed by atoms with Gasteiger partial charge in [0.1, 0.15) is 0 Å². The van der Waals surface area contributed by atoms with Crippen LogP contribution in [0.4, 0.5) is 0 Å². The standard InChI is InChI=1S/C15H21NO2.ClH/c1-5-9-16(10-6-2)12-13-7-8-14(17-3)15(11-13)18-4;/h5-11H,12H2,1-4H3;1H/b9-5+,10-6+;. The van der Waals surface area contributed by atoms with E-state index in [4.69, 9.17) is 9.47 Å². The molecule has 0 unspecified atom stereocenters. The summed E-state index contributed by atoms with van der Waals surface area (Å²) in [4.78, 5) is 2.11. The highest BCUT2D eigenvalue weighted by Crippen LogP contribution is 2.28. The molecule has 0 saturated carbocycles. The fourth-order valence-corrected chi connectivity index (χ4v) is 1.73. The third-order valence-electron chi connectivity index (χ3n) is 2.49. The lowest BCUT2D eigenvalue weighted by Crippen LogP contribution is -2.08.